The number of carbonyl (C=O) groups is 3. The van der Waals surface area contributed by atoms with E-state index in [-0.39, 0.29) is 18.1 Å². The van der Waals surface area contributed by atoms with E-state index >= 15 is 0 Å². The highest BCUT2D eigenvalue weighted by atomic mass is 35.5. The van der Waals surface area contributed by atoms with Gasteiger partial charge in [-0.2, -0.15) is 0 Å². The second-order valence-electron chi connectivity index (χ2n) is 13.6. The van der Waals surface area contributed by atoms with Crippen LogP contribution >= 0.6 is 22.9 Å². The fraction of sp³-hybridized carbons (Fsp3) is 0.324. The van der Waals surface area contributed by atoms with Gasteiger partial charge in [0.25, 0.3) is 5.91 Å². The molecule has 1 saturated carbocycles. The first-order chi connectivity index (χ1) is 24.2. The molecule has 1 aliphatic carbocycles. The normalized spacial score (nSPS) is 18.8. The molecule has 51 heavy (non-hydrogen) atoms. The number of carbonyl (C=O) groups excluding carboxylic acids is 3. The Balaban J connectivity index is 1.50. The molecule has 2 atom stereocenters. The molecule has 1 saturated heterocycles. The predicted molar refractivity (Wildman–Crippen MR) is 190 cm³/mol. The van der Waals surface area contributed by atoms with Gasteiger partial charge in [-0.3, -0.25) is 9.69 Å². The zero-order valence-electron chi connectivity index (χ0n) is 28.6. The molecule has 14 heteroatoms. The van der Waals surface area contributed by atoms with Crippen LogP contribution < -0.4 is 5.32 Å². The number of halogens is 3. The molecule has 1 aromatic heterocycles. The van der Waals surface area contributed by atoms with Crippen LogP contribution in [0.15, 0.2) is 77.9 Å². The summed E-state index contributed by atoms with van der Waals surface area (Å²) in [6.45, 7) is 4.62. The van der Waals surface area contributed by atoms with Crippen molar-refractivity contribution in [2.75, 3.05) is 20.7 Å². The molecule has 2 unspecified atom stereocenters. The average molecular weight is 736 g/mol. The number of amides is 3. The van der Waals surface area contributed by atoms with E-state index in [0.29, 0.717) is 34.0 Å². The highest BCUT2D eigenvalue weighted by Gasteiger charge is 2.61. The molecule has 0 spiro atoms. The van der Waals surface area contributed by atoms with Gasteiger partial charge in [-0.15, -0.1) is 16.3 Å². The number of nitrogens with zero attached hydrogens (tertiary/aromatic N) is 4. The van der Waals surface area contributed by atoms with E-state index in [1.165, 1.54) is 35.2 Å². The third-order valence-electron chi connectivity index (χ3n) is 8.40. The summed E-state index contributed by atoms with van der Waals surface area (Å²) in [6, 6.07) is 16.6. The SMILES string of the molecule is CN(C)C(=O)OCC(c1ccc(Cl)c(-c2ncc(-c3ccccc3)s2)c1)N1C(=O)C(c2cc(F)cc(F)c2)(C2CC2)NC1=NC(=O)OC(C)(C)C. The van der Waals surface area contributed by atoms with Crippen molar-refractivity contribution < 1.29 is 32.6 Å². The number of benzene rings is 3. The lowest BCUT2D eigenvalue weighted by atomic mass is 9.84. The van der Waals surface area contributed by atoms with Crippen LogP contribution in [0.5, 0.6) is 0 Å². The quantitative estimate of drug-likeness (QED) is 0.194. The van der Waals surface area contributed by atoms with Crippen molar-refractivity contribution in [3.05, 3.63) is 101 Å². The standard InChI is InChI=1S/C37H36ClF2N5O5S/c1-36(2,3)50-34(47)42-33-43-37(23-12-13-23,24-16-25(39)18-26(40)17-24)32(46)45(33)29(20-49-35(48)44(4)5)22-11-14-28(38)27(15-22)31-41-19-30(51-31)21-9-7-6-8-10-21/h6-11,14-19,23,29H,12-13,20H2,1-5H3,(H,42,43,47). The smallest absolute Gasteiger partial charge is 0.437 e. The zero-order chi connectivity index (χ0) is 36.7. The first kappa shape index (κ1) is 35.9. The van der Waals surface area contributed by atoms with Gasteiger partial charge in [-0.25, -0.2) is 23.4 Å². The van der Waals surface area contributed by atoms with Gasteiger partial charge >= 0.3 is 12.2 Å². The highest BCUT2D eigenvalue weighted by Crippen LogP contribution is 2.51. The number of rotatable bonds is 8. The van der Waals surface area contributed by atoms with Crippen molar-refractivity contribution in [1.82, 2.24) is 20.1 Å². The number of thiazole rings is 1. The summed E-state index contributed by atoms with van der Waals surface area (Å²) < 4.78 is 40.6. The first-order valence-corrected chi connectivity index (χ1v) is 17.4. The van der Waals surface area contributed by atoms with E-state index in [0.717, 1.165) is 28.6 Å². The molecule has 3 amide bonds. The maximum atomic E-state index is 15.0. The van der Waals surface area contributed by atoms with Crippen LogP contribution in [0.25, 0.3) is 21.0 Å². The molecule has 3 aromatic carbocycles. The van der Waals surface area contributed by atoms with Gasteiger partial charge in [-0.05, 0) is 80.5 Å². The van der Waals surface area contributed by atoms with Gasteiger partial charge in [0, 0.05) is 31.9 Å². The minimum Gasteiger partial charge on any atom is -0.447 e. The number of guanidine groups is 1. The summed E-state index contributed by atoms with van der Waals surface area (Å²) >= 11 is 8.16. The summed E-state index contributed by atoms with van der Waals surface area (Å²) in [5, 5.41) is 4.08. The number of aromatic nitrogens is 1. The maximum absolute atomic E-state index is 15.0. The number of hydrogen-bond donors (Lipinski definition) is 1. The molecule has 1 aliphatic heterocycles. The van der Waals surface area contributed by atoms with Crippen LogP contribution in [0, 0.1) is 17.6 Å². The number of ether oxygens (including phenoxy) is 2. The van der Waals surface area contributed by atoms with Crippen molar-refractivity contribution in [3.63, 3.8) is 0 Å². The van der Waals surface area contributed by atoms with Crippen molar-refractivity contribution in [2.24, 2.45) is 10.9 Å². The second-order valence-corrected chi connectivity index (χ2v) is 15.0. The summed E-state index contributed by atoms with van der Waals surface area (Å²) in [6.07, 6.45) is 1.17. The summed E-state index contributed by atoms with van der Waals surface area (Å²) in [4.78, 5) is 53.1. The molecule has 1 N–H and O–H groups in total. The van der Waals surface area contributed by atoms with Gasteiger partial charge in [0.05, 0.1) is 15.9 Å². The minimum absolute atomic E-state index is 0.0314. The molecule has 2 aliphatic rings. The van der Waals surface area contributed by atoms with Crippen molar-refractivity contribution in [1.29, 1.82) is 0 Å². The lowest BCUT2D eigenvalue weighted by molar-refractivity contribution is -0.134. The maximum Gasteiger partial charge on any atom is 0.437 e. The summed E-state index contributed by atoms with van der Waals surface area (Å²) in [5.41, 5.74) is -0.597. The number of aliphatic imine (C=N–C) groups is 1. The van der Waals surface area contributed by atoms with Gasteiger partial charge in [-0.1, -0.05) is 48.0 Å². The van der Waals surface area contributed by atoms with Gasteiger partial charge in [0.1, 0.15) is 34.4 Å². The van der Waals surface area contributed by atoms with E-state index in [2.05, 4.69) is 15.3 Å². The lowest BCUT2D eigenvalue weighted by Crippen LogP contribution is -2.47. The fourth-order valence-corrected chi connectivity index (χ4v) is 7.19. The second kappa shape index (κ2) is 14.0. The average Bonchev–Trinajstić information content (AvgIpc) is 3.73. The van der Waals surface area contributed by atoms with Gasteiger partial charge < -0.3 is 19.7 Å². The third kappa shape index (κ3) is 7.59. The topological polar surface area (TPSA) is 113 Å². The fourth-order valence-electron chi connectivity index (χ4n) is 5.97. The molecule has 4 aromatic rings. The van der Waals surface area contributed by atoms with Gasteiger partial charge in [0.15, 0.2) is 0 Å². The molecule has 266 valence electrons. The largest absolute Gasteiger partial charge is 0.447 e. The van der Waals surface area contributed by atoms with Crippen molar-refractivity contribution in [2.45, 2.75) is 50.8 Å². The Labute approximate surface area is 303 Å². The van der Waals surface area contributed by atoms with E-state index in [1.54, 1.807) is 45.2 Å². The number of nitrogens with one attached hydrogen (secondary N) is 1. The van der Waals surface area contributed by atoms with Crippen LogP contribution in [-0.2, 0) is 19.8 Å². The Hall–Kier alpha value is -4.88. The summed E-state index contributed by atoms with van der Waals surface area (Å²) in [5.74, 6) is -3.01. The van der Waals surface area contributed by atoms with Crippen LogP contribution in [0.4, 0.5) is 18.4 Å². The Morgan fingerprint density at radius 1 is 1.10 bits per heavy atom. The summed E-state index contributed by atoms with van der Waals surface area (Å²) in [7, 11) is 3.03. The minimum atomic E-state index is -1.69. The first-order valence-electron chi connectivity index (χ1n) is 16.2. The van der Waals surface area contributed by atoms with Gasteiger partial charge in [0.2, 0.25) is 5.96 Å². The third-order valence-corrected chi connectivity index (χ3v) is 9.81. The van der Waals surface area contributed by atoms with E-state index < -0.39 is 52.8 Å². The Bertz CT molecular complexity index is 1990. The van der Waals surface area contributed by atoms with Crippen LogP contribution in [0.1, 0.15) is 50.8 Å². The Kier molecular flexibility index (Phi) is 9.88. The van der Waals surface area contributed by atoms with Crippen LogP contribution in [0.2, 0.25) is 5.02 Å². The number of hydrogen-bond acceptors (Lipinski definition) is 7. The lowest BCUT2D eigenvalue weighted by Gasteiger charge is -2.31. The molecular formula is C37H36ClF2N5O5S. The van der Waals surface area contributed by atoms with E-state index in [9.17, 15) is 23.2 Å². The monoisotopic (exact) mass is 735 g/mol. The molecule has 2 fully saturated rings. The molecule has 2 heterocycles. The molecule has 0 radical (unpaired) electrons. The van der Waals surface area contributed by atoms with E-state index in [4.69, 9.17) is 21.1 Å². The van der Waals surface area contributed by atoms with Crippen molar-refractivity contribution in [3.8, 4) is 21.0 Å². The molecular weight excluding hydrogens is 700 g/mol. The zero-order valence-corrected chi connectivity index (χ0v) is 30.1. The molecule has 0 bridgehead atoms. The predicted octanol–water partition coefficient (Wildman–Crippen LogP) is 8.18. The highest BCUT2D eigenvalue weighted by molar-refractivity contribution is 7.18. The molecule has 6 rings (SSSR count). The van der Waals surface area contributed by atoms with Crippen molar-refractivity contribution >= 4 is 47.0 Å². The van der Waals surface area contributed by atoms with Crippen LogP contribution in [0.3, 0.4) is 0 Å². The van der Waals surface area contributed by atoms with E-state index in [1.807, 2.05) is 30.3 Å². The Morgan fingerprint density at radius 3 is 2.41 bits per heavy atom. The Morgan fingerprint density at radius 2 is 1.78 bits per heavy atom. The van der Waals surface area contributed by atoms with Crippen LogP contribution in [-0.4, -0.2) is 65.1 Å². The molecule has 10 nitrogen and oxygen atoms in total.